The number of carbonyl (C=O) groups excluding carboxylic acids is 2. The summed E-state index contributed by atoms with van der Waals surface area (Å²) in [6, 6.07) is 3.72. The molecule has 1 aromatic rings. The third kappa shape index (κ3) is 6.20. The Hall–Kier alpha value is -2.15. The van der Waals surface area contributed by atoms with Gasteiger partial charge < -0.3 is 15.4 Å². The highest BCUT2D eigenvalue weighted by molar-refractivity contribution is 5.78. The first kappa shape index (κ1) is 19.6. The smallest absolute Gasteiger partial charge is 0.223 e. The van der Waals surface area contributed by atoms with Crippen molar-refractivity contribution < 1.29 is 14.3 Å². The lowest BCUT2D eigenvalue weighted by Crippen LogP contribution is -2.37. The standard InChI is InChI=1S/C20H30N4O3/c1-15(25)23-13-17-12-18(6-8-21-17)27-19-7-10-24(14-19)11-9-22-20(26)16-4-2-3-5-16/h6,8,12,16,19H,2-5,7,9-11,13-14H2,1H3,(H,22,26)(H,23,25). The van der Waals surface area contributed by atoms with E-state index in [0.29, 0.717) is 13.1 Å². The van der Waals surface area contributed by atoms with Crippen molar-refractivity contribution in [1.82, 2.24) is 20.5 Å². The first-order valence-corrected chi connectivity index (χ1v) is 9.96. The first-order valence-electron chi connectivity index (χ1n) is 9.96. The molecule has 1 aromatic heterocycles. The molecule has 1 aliphatic heterocycles. The average molecular weight is 374 g/mol. The highest BCUT2D eigenvalue weighted by atomic mass is 16.5. The number of carbonyl (C=O) groups is 2. The molecule has 1 saturated heterocycles. The van der Waals surface area contributed by atoms with Gasteiger partial charge >= 0.3 is 0 Å². The minimum absolute atomic E-state index is 0.0745. The lowest BCUT2D eigenvalue weighted by Gasteiger charge is -2.18. The van der Waals surface area contributed by atoms with Gasteiger partial charge in [0, 0.05) is 51.3 Å². The molecule has 1 aliphatic carbocycles. The van der Waals surface area contributed by atoms with Crippen LogP contribution in [-0.4, -0.2) is 54.0 Å². The lowest BCUT2D eigenvalue weighted by atomic mass is 10.1. The van der Waals surface area contributed by atoms with Crippen LogP contribution in [0.3, 0.4) is 0 Å². The molecule has 3 rings (SSSR count). The second-order valence-electron chi connectivity index (χ2n) is 7.49. The van der Waals surface area contributed by atoms with Crippen LogP contribution in [0.5, 0.6) is 5.75 Å². The van der Waals surface area contributed by atoms with Crippen LogP contribution in [0.1, 0.15) is 44.7 Å². The highest BCUT2D eigenvalue weighted by Crippen LogP contribution is 2.24. The predicted octanol–water partition coefficient (Wildman–Crippen LogP) is 1.48. The van der Waals surface area contributed by atoms with Crippen LogP contribution >= 0.6 is 0 Å². The van der Waals surface area contributed by atoms with Gasteiger partial charge in [0.05, 0.1) is 12.2 Å². The minimum atomic E-state index is -0.0745. The van der Waals surface area contributed by atoms with Crippen LogP contribution in [-0.2, 0) is 16.1 Å². The zero-order valence-electron chi connectivity index (χ0n) is 16.1. The molecule has 1 unspecified atom stereocenters. The van der Waals surface area contributed by atoms with Crippen LogP contribution in [0.4, 0.5) is 0 Å². The molecule has 0 aromatic carbocycles. The summed E-state index contributed by atoms with van der Waals surface area (Å²) < 4.78 is 6.08. The van der Waals surface area contributed by atoms with E-state index in [0.717, 1.165) is 50.3 Å². The van der Waals surface area contributed by atoms with Crippen molar-refractivity contribution in [3.63, 3.8) is 0 Å². The van der Waals surface area contributed by atoms with Crippen LogP contribution < -0.4 is 15.4 Å². The molecule has 0 spiro atoms. The van der Waals surface area contributed by atoms with Crippen LogP contribution in [0.2, 0.25) is 0 Å². The zero-order chi connectivity index (χ0) is 19.1. The van der Waals surface area contributed by atoms with Gasteiger partial charge in [0.1, 0.15) is 11.9 Å². The van der Waals surface area contributed by atoms with E-state index in [1.54, 1.807) is 6.20 Å². The van der Waals surface area contributed by atoms with Crippen molar-refractivity contribution in [3.05, 3.63) is 24.0 Å². The molecule has 2 fully saturated rings. The molecular formula is C20H30N4O3. The number of nitrogens with zero attached hydrogens (tertiary/aromatic N) is 2. The Morgan fingerprint density at radius 1 is 1.26 bits per heavy atom. The van der Waals surface area contributed by atoms with Crippen molar-refractivity contribution in [2.75, 3.05) is 26.2 Å². The summed E-state index contributed by atoms with van der Waals surface area (Å²) in [5.41, 5.74) is 0.784. The maximum absolute atomic E-state index is 12.1. The van der Waals surface area contributed by atoms with Gasteiger partial charge in [-0.3, -0.25) is 19.5 Å². The lowest BCUT2D eigenvalue weighted by molar-refractivity contribution is -0.124. The fourth-order valence-corrected chi connectivity index (χ4v) is 3.80. The van der Waals surface area contributed by atoms with Crippen molar-refractivity contribution in [1.29, 1.82) is 0 Å². The third-order valence-electron chi connectivity index (χ3n) is 5.29. The fraction of sp³-hybridized carbons (Fsp3) is 0.650. The Labute approximate surface area is 160 Å². The molecule has 2 N–H and O–H groups in total. The van der Waals surface area contributed by atoms with E-state index in [1.165, 1.54) is 19.8 Å². The van der Waals surface area contributed by atoms with E-state index in [4.69, 9.17) is 4.74 Å². The number of ether oxygens (including phenoxy) is 1. The molecule has 7 nitrogen and oxygen atoms in total. The average Bonchev–Trinajstić information content (AvgIpc) is 3.32. The van der Waals surface area contributed by atoms with Crippen molar-refractivity contribution in [3.8, 4) is 5.75 Å². The van der Waals surface area contributed by atoms with Gasteiger partial charge in [0.25, 0.3) is 0 Å². The number of amides is 2. The topological polar surface area (TPSA) is 83.6 Å². The Morgan fingerprint density at radius 2 is 2.07 bits per heavy atom. The van der Waals surface area contributed by atoms with E-state index >= 15 is 0 Å². The van der Waals surface area contributed by atoms with Gasteiger partial charge in [0.2, 0.25) is 11.8 Å². The van der Waals surface area contributed by atoms with Crippen LogP contribution in [0.15, 0.2) is 18.3 Å². The molecule has 148 valence electrons. The molecule has 2 amide bonds. The Bertz CT molecular complexity index is 646. The minimum Gasteiger partial charge on any atom is -0.489 e. The van der Waals surface area contributed by atoms with E-state index < -0.39 is 0 Å². The molecule has 27 heavy (non-hydrogen) atoms. The van der Waals surface area contributed by atoms with Crippen molar-refractivity contribution in [2.24, 2.45) is 5.92 Å². The number of rotatable bonds is 8. The number of hydrogen-bond acceptors (Lipinski definition) is 5. The monoisotopic (exact) mass is 374 g/mol. The Kier molecular flexibility index (Phi) is 7.04. The van der Waals surface area contributed by atoms with Gasteiger partial charge in [-0.1, -0.05) is 12.8 Å². The second kappa shape index (κ2) is 9.69. The predicted molar refractivity (Wildman–Crippen MR) is 102 cm³/mol. The van der Waals surface area contributed by atoms with E-state index in [2.05, 4.69) is 20.5 Å². The summed E-state index contributed by atoms with van der Waals surface area (Å²) in [7, 11) is 0. The SMILES string of the molecule is CC(=O)NCc1cc(OC2CCN(CCNC(=O)C3CCCC3)C2)ccn1. The highest BCUT2D eigenvalue weighted by Gasteiger charge is 2.25. The fourth-order valence-electron chi connectivity index (χ4n) is 3.80. The van der Waals surface area contributed by atoms with Gasteiger partial charge in [-0.2, -0.15) is 0 Å². The number of hydrogen-bond donors (Lipinski definition) is 2. The summed E-state index contributed by atoms with van der Waals surface area (Å²) in [6.07, 6.45) is 7.28. The molecular weight excluding hydrogens is 344 g/mol. The first-order chi connectivity index (χ1) is 13.1. The van der Waals surface area contributed by atoms with Gasteiger partial charge in [-0.15, -0.1) is 0 Å². The number of likely N-dealkylation sites (tertiary alicyclic amines) is 1. The number of pyridine rings is 1. The van der Waals surface area contributed by atoms with Crippen LogP contribution in [0.25, 0.3) is 0 Å². The van der Waals surface area contributed by atoms with Crippen molar-refractivity contribution >= 4 is 11.8 Å². The van der Waals surface area contributed by atoms with E-state index in [9.17, 15) is 9.59 Å². The van der Waals surface area contributed by atoms with E-state index in [-0.39, 0.29) is 23.8 Å². The van der Waals surface area contributed by atoms with E-state index in [1.807, 2.05) is 12.1 Å². The second-order valence-corrected chi connectivity index (χ2v) is 7.49. The van der Waals surface area contributed by atoms with Crippen LogP contribution in [0, 0.1) is 5.92 Å². The van der Waals surface area contributed by atoms with Crippen molar-refractivity contribution in [2.45, 2.75) is 51.7 Å². The summed E-state index contributed by atoms with van der Waals surface area (Å²) in [5, 5.41) is 5.82. The summed E-state index contributed by atoms with van der Waals surface area (Å²) in [4.78, 5) is 29.7. The molecule has 7 heteroatoms. The number of nitrogens with one attached hydrogen (secondary N) is 2. The Balaban J connectivity index is 1.37. The number of aromatic nitrogens is 1. The third-order valence-corrected chi connectivity index (χ3v) is 5.29. The summed E-state index contributed by atoms with van der Waals surface area (Å²) in [5.74, 6) is 1.17. The van der Waals surface area contributed by atoms with Gasteiger partial charge in [-0.05, 0) is 25.3 Å². The molecule has 0 radical (unpaired) electrons. The maximum Gasteiger partial charge on any atom is 0.223 e. The largest absolute Gasteiger partial charge is 0.489 e. The quantitative estimate of drug-likeness (QED) is 0.720. The maximum atomic E-state index is 12.1. The molecule has 2 aliphatic rings. The Morgan fingerprint density at radius 3 is 2.85 bits per heavy atom. The molecule has 0 bridgehead atoms. The summed E-state index contributed by atoms with van der Waals surface area (Å²) >= 11 is 0. The molecule has 1 atom stereocenters. The normalized spacial score (nSPS) is 20.6. The summed E-state index contributed by atoms with van der Waals surface area (Å²) in [6.45, 7) is 5.31. The zero-order valence-corrected chi connectivity index (χ0v) is 16.1. The van der Waals surface area contributed by atoms with Gasteiger partial charge in [-0.25, -0.2) is 0 Å². The molecule has 2 heterocycles. The van der Waals surface area contributed by atoms with Gasteiger partial charge in [0.15, 0.2) is 0 Å². The molecule has 1 saturated carbocycles.